The van der Waals surface area contributed by atoms with Crippen molar-refractivity contribution in [2.24, 2.45) is 0 Å². The lowest BCUT2D eigenvalue weighted by atomic mass is 10.1. The third kappa shape index (κ3) is 3.99. The molecule has 0 aliphatic carbocycles. The summed E-state index contributed by atoms with van der Waals surface area (Å²) in [7, 11) is 0. The molecule has 0 radical (unpaired) electrons. The van der Waals surface area contributed by atoms with E-state index in [0.717, 1.165) is 11.0 Å². The first kappa shape index (κ1) is 16.8. The molecule has 2 aromatic rings. The maximum atomic E-state index is 12.7. The van der Waals surface area contributed by atoms with Crippen molar-refractivity contribution in [3.63, 3.8) is 0 Å². The SMILES string of the molecule is CC(C)(O)CCn1c(=O)n(CCC(C)(C)O)c2ccccc21. The Morgan fingerprint density at radius 2 is 1.23 bits per heavy atom. The monoisotopic (exact) mass is 306 g/mol. The summed E-state index contributed by atoms with van der Waals surface area (Å²) in [6.45, 7) is 7.91. The third-order valence-corrected chi connectivity index (χ3v) is 3.82. The van der Waals surface area contributed by atoms with Crippen molar-refractivity contribution in [2.75, 3.05) is 0 Å². The number of imidazole rings is 1. The predicted molar refractivity (Wildman–Crippen MR) is 88.0 cm³/mol. The molecule has 122 valence electrons. The minimum atomic E-state index is -0.810. The van der Waals surface area contributed by atoms with Crippen LogP contribution in [0.2, 0.25) is 0 Å². The van der Waals surface area contributed by atoms with Crippen LogP contribution in [0.25, 0.3) is 11.0 Å². The van der Waals surface area contributed by atoms with Gasteiger partial charge in [0.25, 0.3) is 0 Å². The Balaban J connectivity index is 2.40. The molecule has 0 fully saturated rings. The largest absolute Gasteiger partial charge is 0.390 e. The molecule has 1 heterocycles. The summed E-state index contributed by atoms with van der Waals surface area (Å²) >= 11 is 0. The van der Waals surface area contributed by atoms with E-state index >= 15 is 0 Å². The zero-order valence-corrected chi connectivity index (χ0v) is 13.8. The summed E-state index contributed by atoms with van der Waals surface area (Å²) in [5, 5.41) is 19.8. The van der Waals surface area contributed by atoms with E-state index in [2.05, 4.69) is 0 Å². The van der Waals surface area contributed by atoms with Gasteiger partial charge in [0.15, 0.2) is 0 Å². The number of hydrogen-bond acceptors (Lipinski definition) is 3. The van der Waals surface area contributed by atoms with Crippen molar-refractivity contribution in [1.29, 1.82) is 0 Å². The average Bonchev–Trinajstić information content (AvgIpc) is 2.64. The Bertz CT molecular complexity index is 641. The van der Waals surface area contributed by atoms with E-state index in [-0.39, 0.29) is 5.69 Å². The minimum absolute atomic E-state index is 0.0882. The van der Waals surface area contributed by atoms with Crippen molar-refractivity contribution in [3.05, 3.63) is 34.7 Å². The summed E-state index contributed by atoms with van der Waals surface area (Å²) in [5.74, 6) is 0. The van der Waals surface area contributed by atoms with Gasteiger partial charge in [-0.15, -0.1) is 0 Å². The van der Waals surface area contributed by atoms with Gasteiger partial charge < -0.3 is 10.2 Å². The molecule has 22 heavy (non-hydrogen) atoms. The number of aromatic nitrogens is 2. The number of hydrogen-bond donors (Lipinski definition) is 2. The molecule has 2 N–H and O–H groups in total. The van der Waals surface area contributed by atoms with Gasteiger partial charge in [-0.3, -0.25) is 9.13 Å². The molecule has 0 spiro atoms. The molecule has 5 heteroatoms. The zero-order valence-electron chi connectivity index (χ0n) is 13.8. The summed E-state index contributed by atoms with van der Waals surface area (Å²) < 4.78 is 3.41. The van der Waals surface area contributed by atoms with Crippen molar-refractivity contribution >= 4 is 11.0 Å². The molecule has 0 unspecified atom stereocenters. The maximum Gasteiger partial charge on any atom is 0.329 e. The molecule has 0 amide bonds. The van der Waals surface area contributed by atoms with Crippen LogP contribution in [0.1, 0.15) is 40.5 Å². The molecule has 5 nitrogen and oxygen atoms in total. The smallest absolute Gasteiger partial charge is 0.329 e. The van der Waals surface area contributed by atoms with Gasteiger partial charge in [0.2, 0.25) is 0 Å². The fourth-order valence-electron chi connectivity index (χ4n) is 2.48. The van der Waals surface area contributed by atoms with Crippen LogP contribution in [0.5, 0.6) is 0 Å². The zero-order chi connectivity index (χ0) is 16.5. The number of rotatable bonds is 6. The number of aryl methyl sites for hydroxylation is 2. The second-order valence-electron chi connectivity index (χ2n) is 7.20. The first-order valence-electron chi connectivity index (χ1n) is 7.71. The fraction of sp³-hybridized carbons (Fsp3) is 0.588. The molecule has 2 rings (SSSR count). The highest BCUT2D eigenvalue weighted by molar-refractivity contribution is 5.75. The lowest BCUT2D eigenvalue weighted by molar-refractivity contribution is 0.0653. The van der Waals surface area contributed by atoms with Gasteiger partial charge in [0, 0.05) is 13.1 Å². The Morgan fingerprint density at radius 3 is 1.55 bits per heavy atom. The standard InChI is InChI=1S/C17H26N2O3/c1-16(2,21)9-11-18-13-7-5-6-8-14(13)19(15(18)20)12-10-17(3,4)22/h5-8,21-22H,9-12H2,1-4H3. The van der Waals surface area contributed by atoms with Crippen LogP contribution in [0.15, 0.2) is 29.1 Å². The lowest BCUT2D eigenvalue weighted by Crippen LogP contribution is -2.30. The van der Waals surface area contributed by atoms with Crippen molar-refractivity contribution in [3.8, 4) is 0 Å². The number of aliphatic hydroxyl groups is 2. The van der Waals surface area contributed by atoms with E-state index in [0.29, 0.717) is 25.9 Å². The summed E-state index contributed by atoms with van der Waals surface area (Å²) in [4.78, 5) is 12.7. The summed E-state index contributed by atoms with van der Waals surface area (Å²) in [6.07, 6.45) is 1.01. The minimum Gasteiger partial charge on any atom is -0.390 e. The van der Waals surface area contributed by atoms with Crippen molar-refractivity contribution in [1.82, 2.24) is 9.13 Å². The second kappa shape index (κ2) is 5.89. The number of fused-ring (bicyclic) bond motifs is 1. The van der Waals surface area contributed by atoms with E-state index in [1.54, 1.807) is 36.8 Å². The van der Waals surface area contributed by atoms with E-state index < -0.39 is 11.2 Å². The lowest BCUT2D eigenvalue weighted by Gasteiger charge is -2.17. The summed E-state index contributed by atoms with van der Waals surface area (Å²) in [5.41, 5.74) is 0.0283. The van der Waals surface area contributed by atoms with Gasteiger partial charge in [-0.05, 0) is 52.7 Å². The van der Waals surface area contributed by atoms with Gasteiger partial charge in [-0.25, -0.2) is 4.79 Å². The average molecular weight is 306 g/mol. The van der Waals surface area contributed by atoms with Crippen LogP contribution >= 0.6 is 0 Å². The van der Waals surface area contributed by atoms with Crippen molar-refractivity contribution in [2.45, 2.75) is 64.8 Å². The Hall–Kier alpha value is -1.59. The highest BCUT2D eigenvalue weighted by Gasteiger charge is 2.19. The normalized spacial score (nSPS) is 13.0. The Morgan fingerprint density at radius 1 is 0.864 bits per heavy atom. The van der Waals surface area contributed by atoms with E-state index in [4.69, 9.17) is 0 Å². The third-order valence-electron chi connectivity index (χ3n) is 3.82. The number of benzene rings is 1. The van der Waals surface area contributed by atoms with Crippen LogP contribution in [0, 0.1) is 0 Å². The van der Waals surface area contributed by atoms with E-state index in [9.17, 15) is 15.0 Å². The quantitative estimate of drug-likeness (QED) is 0.859. The first-order chi connectivity index (χ1) is 10.1. The van der Waals surface area contributed by atoms with Crippen LogP contribution in [0.4, 0.5) is 0 Å². The van der Waals surface area contributed by atoms with E-state index in [1.807, 2.05) is 24.3 Å². The fourth-order valence-corrected chi connectivity index (χ4v) is 2.48. The maximum absolute atomic E-state index is 12.7. The number of para-hydroxylation sites is 2. The molecule has 0 saturated carbocycles. The highest BCUT2D eigenvalue weighted by atomic mass is 16.3. The molecule has 0 aliphatic heterocycles. The van der Waals surface area contributed by atoms with Crippen LogP contribution in [-0.4, -0.2) is 30.5 Å². The molecule has 0 bridgehead atoms. The summed E-state index contributed by atoms with van der Waals surface area (Å²) in [6, 6.07) is 7.65. The number of nitrogens with zero attached hydrogens (tertiary/aromatic N) is 2. The second-order valence-corrected chi connectivity index (χ2v) is 7.20. The van der Waals surface area contributed by atoms with Crippen LogP contribution < -0.4 is 5.69 Å². The first-order valence-corrected chi connectivity index (χ1v) is 7.71. The van der Waals surface area contributed by atoms with Gasteiger partial charge in [-0.2, -0.15) is 0 Å². The molecular formula is C17H26N2O3. The van der Waals surface area contributed by atoms with E-state index in [1.165, 1.54) is 0 Å². The van der Waals surface area contributed by atoms with Gasteiger partial charge >= 0.3 is 5.69 Å². The molecular weight excluding hydrogens is 280 g/mol. The topological polar surface area (TPSA) is 67.4 Å². The van der Waals surface area contributed by atoms with Gasteiger partial charge in [0.05, 0.1) is 22.2 Å². The van der Waals surface area contributed by atoms with Crippen LogP contribution in [-0.2, 0) is 13.1 Å². The van der Waals surface area contributed by atoms with Gasteiger partial charge in [-0.1, -0.05) is 12.1 Å². The Labute approximate surface area is 130 Å². The van der Waals surface area contributed by atoms with Gasteiger partial charge in [0.1, 0.15) is 0 Å². The molecule has 0 aliphatic rings. The molecule has 1 aromatic heterocycles. The molecule has 0 atom stereocenters. The predicted octanol–water partition coefficient (Wildman–Crippen LogP) is 2.12. The van der Waals surface area contributed by atoms with Crippen molar-refractivity contribution < 1.29 is 10.2 Å². The Kier molecular flexibility index (Phi) is 4.49. The highest BCUT2D eigenvalue weighted by Crippen LogP contribution is 2.17. The van der Waals surface area contributed by atoms with Crippen LogP contribution in [0.3, 0.4) is 0 Å². The molecule has 0 saturated heterocycles. The molecule has 1 aromatic carbocycles.